The summed E-state index contributed by atoms with van der Waals surface area (Å²) in [6.45, 7) is 5.90. The van der Waals surface area contributed by atoms with Crippen molar-refractivity contribution >= 4 is 28.7 Å². The Morgan fingerprint density at radius 2 is 1.33 bits per heavy atom. The molecular formula is C37H33FN2O3. The lowest BCUT2D eigenvalue weighted by Crippen LogP contribution is -2.22. The van der Waals surface area contributed by atoms with Crippen LogP contribution in [0.25, 0.3) is 0 Å². The molecule has 1 aliphatic heterocycles. The zero-order valence-electron chi connectivity index (χ0n) is 24.5. The SMILES string of the molecule is CCN(CC)c1ccc2c(c1)Oc1cc(F)c(N(c3ccccc3)c3ccccc3)cc1C2c1ccccc1C(=O)OC. The van der Waals surface area contributed by atoms with Crippen LogP contribution >= 0.6 is 0 Å². The molecule has 1 aliphatic rings. The maximum Gasteiger partial charge on any atom is 0.338 e. The number of halogens is 1. The van der Waals surface area contributed by atoms with E-state index in [1.807, 2.05) is 95.9 Å². The van der Waals surface area contributed by atoms with E-state index in [1.165, 1.54) is 13.2 Å². The van der Waals surface area contributed by atoms with Gasteiger partial charge >= 0.3 is 5.97 Å². The molecule has 0 spiro atoms. The van der Waals surface area contributed by atoms with Gasteiger partial charge in [-0.1, -0.05) is 60.7 Å². The van der Waals surface area contributed by atoms with Crippen molar-refractivity contribution in [1.82, 2.24) is 0 Å². The van der Waals surface area contributed by atoms with Gasteiger partial charge in [0.15, 0.2) is 5.82 Å². The fraction of sp³-hybridized carbons (Fsp3) is 0.162. The van der Waals surface area contributed by atoms with Gasteiger partial charge < -0.3 is 19.3 Å². The largest absolute Gasteiger partial charge is 0.465 e. The molecule has 1 atom stereocenters. The number of methoxy groups -OCH3 is 1. The van der Waals surface area contributed by atoms with Crippen molar-refractivity contribution in [3.63, 3.8) is 0 Å². The number of esters is 1. The number of hydrogen-bond donors (Lipinski definition) is 0. The highest BCUT2D eigenvalue weighted by Gasteiger charge is 2.34. The van der Waals surface area contributed by atoms with Gasteiger partial charge in [0.25, 0.3) is 0 Å². The topological polar surface area (TPSA) is 42.0 Å². The number of para-hydroxylation sites is 2. The van der Waals surface area contributed by atoms with E-state index in [9.17, 15) is 4.79 Å². The van der Waals surface area contributed by atoms with Gasteiger partial charge in [-0.05, 0) is 61.9 Å². The van der Waals surface area contributed by atoms with E-state index >= 15 is 4.39 Å². The molecule has 0 radical (unpaired) electrons. The average molecular weight is 573 g/mol. The molecule has 5 nitrogen and oxygen atoms in total. The van der Waals surface area contributed by atoms with Gasteiger partial charge in [0, 0.05) is 59.3 Å². The minimum atomic E-state index is -0.428. The minimum Gasteiger partial charge on any atom is -0.465 e. The van der Waals surface area contributed by atoms with Crippen molar-refractivity contribution < 1.29 is 18.7 Å². The quantitative estimate of drug-likeness (QED) is 0.170. The van der Waals surface area contributed by atoms with Crippen molar-refractivity contribution in [3.05, 3.63) is 143 Å². The molecule has 0 aliphatic carbocycles. The van der Waals surface area contributed by atoms with Crippen LogP contribution < -0.4 is 14.5 Å². The van der Waals surface area contributed by atoms with Crippen LogP contribution in [0.2, 0.25) is 0 Å². The van der Waals surface area contributed by atoms with Crippen LogP contribution in [-0.4, -0.2) is 26.2 Å². The van der Waals surface area contributed by atoms with Gasteiger partial charge in [-0.3, -0.25) is 0 Å². The van der Waals surface area contributed by atoms with E-state index in [0.717, 1.165) is 46.8 Å². The van der Waals surface area contributed by atoms with Crippen LogP contribution in [0.5, 0.6) is 11.5 Å². The molecule has 6 rings (SSSR count). The predicted molar refractivity (Wildman–Crippen MR) is 170 cm³/mol. The monoisotopic (exact) mass is 572 g/mol. The number of carbonyl (C=O) groups is 1. The van der Waals surface area contributed by atoms with Crippen molar-refractivity contribution in [2.75, 3.05) is 30.0 Å². The molecule has 1 heterocycles. The number of rotatable bonds is 8. The Balaban J connectivity index is 1.60. The lowest BCUT2D eigenvalue weighted by atomic mass is 9.80. The van der Waals surface area contributed by atoms with Crippen molar-refractivity contribution in [2.24, 2.45) is 0 Å². The summed E-state index contributed by atoms with van der Waals surface area (Å²) < 4.78 is 27.9. The van der Waals surface area contributed by atoms with Crippen LogP contribution in [0.1, 0.15) is 46.8 Å². The van der Waals surface area contributed by atoms with Gasteiger partial charge in [-0.15, -0.1) is 0 Å². The highest BCUT2D eigenvalue weighted by molar-refractivity contribution is 5.92. The fourth-order valence-corrected chi connectivity index (χ4v) is 5.93. The maximum absolute atomic E-state index is 16.3. The number of fused-ring (bicyclic) bond motifs is 2. The normalized spacial score (nSPS) is 13.3. The summed E-state index contributed by atoms with van der Waals surface area (Å²) in [5.74, 6) is -0.210. The van der Waals surface area contributed by atoms with E-state index in [1.54, 1.807) is 6.07 Å². The van der Waals surface area contributed by atoms with Crippen LogP contribution in [0.3, 0.4) is 0 Å². The molecule has 0 saturated heterocycles. The van der Waals surface area contributed by atoms with Gasteiger partial charge in [0.2, 0.25) is 0 Å². The van der Waals surface area contributed by atoms with Gasteiger partial charge in [-0.2, -0.15) is 0 Å². The summed E-state index contributed by atoms with van der Waals surface area (Å²) in [5, 5.41) is 0. The van der Waals surface area contributed by atoms with Crippen molar-refractivity contribution in [2.45, 2.75) is 19.8 Å². The molecule has 6 heteroatoms. The molecule has 0 saturated carbocycles. The number of nitrogens with zero attached hydrogens (tertiary/aromatic N) is 2. The first kappa shape index (κ1) is 28.0. The Morgan fingerprint density at radius 3 is 1.95 bits per heavy atom. The average Bonchev–Trinajstić information content (AvgIpc) is 3.05. The number of ether oxygens (including phenoxy) is 2. The molecule has 0 fully saturated rings. The molecule has 0 aromatic heterocycles. The second-order valence-electron chi connectivity index (χ2n) is 10.4. The summed E-state index contributed by atoms with van der Waals surface area (Å²) in [5.41, 5.74) is 5.90. The third-order valence-corrected chi connectivity index (χ3v) is 7.99. The van der Waals surface area contributed by atoms with Crippen LogP contribution in [-0.2, 0) is 4.74 Å². The second-order valence-corrected chi connectivity index (χ2v) is 10.4. The van der Waals surface area contributed by atoms with E-state index in [2.05, 4.69) is 30.9 Å². The van der Waals surface area contributed by atoms with E-state index in [0.29, 0.717) is 22.7 Å². The number of anilines is 4. The van der Waals surface area contributed by atoms with Crippen LogP contribution in [0.15, 0.2) is 115 Å². The van der Waals surface area contributed by atoms with Crippen molar-refractivity contribution in [1.29, 1.82) is 0 Å². The maximum atomic E-state index is 16.3. The zero-order chi connectivity index (χ0) is 29.9. The third kappa shape index (κ3) is 5.21. The summed E-state index contributed by atoms with van der Waals surface area (Å²) >= 11 is 0. The van der Waals surface area contributed by atoms with Crippen LogP contribution in [0.4, 0.5) is 27.1 Å². The predicted octanol–water partition coefficient (Wildman–Crippen LogP) is 9.21. The van der Waals surface area contributed by atoms with E-state index in [-0.39, 0.29) is 0 Å². The number of carbonyl (C=O) groups excluding carboxylic acids is 1. The molecule has 0 N–H and O–H groups in total. The first-order chi connectivity index (χ1) is 21.0. The first-order valence-electron chi connectivity index (χ1n) is 14.5. The minimum absolute atomic E-state index is 0.378. The van der Waals surface area contributed by atoms with Gasteiger partial charge in [0.1, 0.15) is 11.5 Å². The van der Waals surface area contributed by atoms with Crippen molar-refractivity contribution in [3.8, 4) is 11.5 Å². The molecule has 43 heavy (non-hydrogen) atoms. The Labute approximate surface area is 251 Å². The summed E-state index contributed by atoms with van der Waals surface area (Å²) in [6, 6.07) is 36.3. The molecule has 1 unspecified atom stereocenters. The summed E-state index contributed by atoms with van der Waals surface area (Å²) in [7, 11) is 1.38. The lowest BCUT2D eigenvalue weighted by Gasteiger charge is -2.33. The molecule has 0 amide bonds. The Bertz CT molecular complexity index is 1710. The number of benzene rings is 5. The molecule has 0 bridgehead atoms. The highest BCUT2D eigenvalue weighted by Crippen LogP contribution is 2.51. The summed E-state index contributed by atoms with van der Waals surface area (Å²) in [4.78, 5) is 17.1. The lowest BCUT2D eigenvalue weighted by molar-refractivity contribution is 0.0599. The van der Waals surface area contributed by atoms with E-state index < -0.39 is 17.7 Å². The zero-order valence-corrected chi connectivity index (χ0v) is 24.5. The van der Waals surface area contributed by atoms with Gasteiger partial charge in [0.05, 0.1) is 18.4 Å². The molecule has 5 aromatic rings. The second kappa shape index (κ2) is 12.0. The van der Waals surface area contributed by atoms with Gasteiger partial charge in [-0.25, -0.2) is 9.18 Å². The standard InChI is InChI=1S/C37H33FN2O3/c1-4-39(5-2)27-20-21-30-34(22-27)43-35-24-32(38)33(40(25-14-8-6-9-15-25)26-16-10-7-11-17-26)23-31(35)36(30)28-18-12-13-19-29(28)37(41)42-3/h6-24,36H,4-5H2,1-3H3. The highest BCUT2D eigenvalue weighted by atomic mass is 19.1. The Morgan fingerprint density at radius 1 is 0.721 bits per heavy atom. The van der Waals surface area contributed by atoms with E-state index in [4.69, 9.17) is 9.47 Å². The Hall–Kier alpha value is -5.10. The fourth-order valence-electron chi connectivity index (χ4n) is 5.93. The smallest absolute Gasteiger partial charge is 0.338 e. The summed E-state index contributed by atoms with van der Waals surface area (Å²) in [6.07, 6.45) is 0. The Kier molecular flexibility index (Phi) is 7.84. The molecule has 216 valence electrons. The van der Waals surface area contributed by atoms with Crippen LogP contribution in [0, 0.1) is 5.82 Å². The molecule has 5 aromatic carbocycles. The third-order valence-electron chi connectivity index (χ3n) is 7.99. The molecular weight excluding hydrogens is 539 g/mol. The number of hydrogen-bond acceptors (Lipinski definition) is 5. The first-order valence-corrected chi connectivity index (χ1v) is 14.5.